The topological polar surface area (TPSA) is 26.7 Å². The zero-order valence-electron chi connectivity index (χ0n) is 11.1. The van der Waals surface area contributed by atoms with Gasteiger partial charge in [0, 0.05) is 19.1 Å². The van der Waals surface area contributed by atoms with Gasteiger partial charge in [-0.2, -0.15) is 0 Å². The van der Waals surface area contributed by atoms with Gasteiger partial charge in [0.2, 0.25) is 0 Å². The highest BCUT2D eigenvalue weighted by Gasteiger charge is 2.20. The molecule has 2 fully saturated rings. The summed E-state index contributed by atoms with van der Waals surface area (Å²) in [5, 5.41) is 9.47. The van der Waals surface area contributed by atoms with Gasteiger partial charge in [-0.05, 0) is 45.3 Å². The predicted octanol–water partition coefficient (Wildman–Crippen LogP) is 1.71. The number of aliphatic hydroxyl groups excluding tert-OH is 1. The summed E-state index contributed by atoms with van der Waals surface area (Å²) < 4.78 is 0. The molecule has 2 rings (SSSR count). The molecular weight excluding hydrogens is 212 g/mol. The fraction of sp³-hybridized carbons (Fsp3) is 1.00. The second kappa shape index (κ2) is 7.34. The zero-order chi connectivity index (χ0) is 11.9. The maximum absolute atomic E-state index is 9.47. The van der Waals surface area contributed by atoms with E-state index in [0.717, 1.165) is 6.54 Å². The molecule has 1 unspecified atom stereocenters. The smallest absolute Gasteiger partial charge is 0.0586 e. The maximum Gasteiger partial charge on any atom is 0.0586 e. The van der Waals surface area contributed by atoms with Crippen molar-refractivity contribution in [1.29, 1.82) is 0 Å². The fourth-order valence-electron chi connectivity index (χ4n) is 3.19. The van der Waals surface area contributed by atoms with Crippen LogP contribution in [0.3, 0.4) is 0 Å². The summed E-state index contributed by atoms with van der Waals surface area (Å²) in [6, 6.07) is 0.433. The van der Waals surface area contributed by atoms with Crippen LogP contribution in [0.4, 0.5) is 0 Å². The third-order valence-electron chi connectivity index (χ3n) is 4.36. The summed E-state index contributed by atoms with van der Waals surface area (Å²) in [4.78, 5) is 5.13. The van der Waals surface area contributed by atoms with E-state index in [0.29, 0.717) is 12.6 Å². The van der Waals surface area contributed by atoms with Crippen molar-refractivity contribution in [3.8, 4) is 0 Å². The lowest BCUT2D eigenvalue weighted by Crippen LogP contribution is -2.43. The lowest BCUT2D eigenvalue weighted by atomic mass is 10.1. The van der Waals surface area contributed by atoms with Crippen molar-refractivity contribution >= 4 is 0 Å². The molecule has 0 amide bonds. The average Bonchev–Trinajstić information content (AvgIpc) is 2.62. The van der Waals surface area contributed by atoms with Crippen LogP contribution in [0.25, 0.3) is 0 Å². The van der Waals surface area contributed by atoms with Gasteiger partial charge in [0.25, 0.3) is 0 Å². The lowest BCUT2D eigenvalue weighted by molar-refractivity contribution is 0.105. The van der Waals surface area contributed by atoms with E-state index in [9.17, 15) is 5.11 Å². The van der Waals surface area contributed by atoms with Crippen molar-refractivity contribution in [2.75, 3.05) is 39.3 Å². The molecule has 0 radical (unpaired) electrons. The molecule has 3 nitrogen and oxygen atoms in total. The van der Waals surface area contributed by atoms with E-state index >= 15 is 0 Å². The van der Waals surface area contributed by atoms with Crippen molar-refractivity contribution in [2.45, 2.75) is 51.0 Å². The van der Waals surface area contributed by atoms with Crippen molar-refractivity contribution in [3.63, 3.8) is 0 Å². The molecule has 2 saturated heterocycles. The first kappa shape index (κ1) is 13.3. The normalized spacial score (nSPS) is 29.1. The van der Waals surface area contributed by atoms with Crippen molar-refractivity contribution < 1.29 is 5.11 Å². The summed E-state index contributed by atoms with van der Waals surface area (Å²) in [5.41, 5.74) is 0. The van der Waals surface area contributed by atoms with Gasteiger partial charge in [0.1, 0.15) is 0 Å². The summed E-state index contributed by atoms with van der Waals surface area (Å²) in [7, 11) is 0. The van der Waals surface area contributed by atoms with Gasteiger partial charge in [0.05, 0.1) is 6.61 Å². The minimum Gasteiger partial charge on any atom is -0.395 e. The van der Waals surface area contributed by atoms with E-state index in [2.05, 4.69) is 9.80 Å². The Kier molecular flexibility index (Phi) is 5.75. The third-order valence-corrected chi connectivity index (χ3v) is 4.36. The Balaban J connectivity index is 1.74. The van der Waals surface area contributed by atoms with Crippen molar-refractivity contribution in [2.24, 2.45) is 0 Å². The van der Waals surface area contributed by atoms with E-state index in [-0.39, 0.29) is 0 Å². The quantitative estimate of drug-likeness (QED) is 0.810. The second-order valence-electron chi connectivity index (χ2n) is 5.62. The van der Waals surface area contributed by atoms with Crippen LogP contribution in [0, 0.1) is 0 Å². The first-order valence-electron chi connectivity index (χ1n) is 7.47. The van der Waals surface area contributed by atoms with Crippen LogP contribution in [-0.2, 0) is 0 Å². The Morgan fingerprint density at radius 1 is 0.824 bits per heavy atom. The van der Waals surface area contributed by atoms with E-state index < -0.39 is 0 Å². The molecule has 1 atom stereocenters. The number of piperidine rings is 1. The van der Waals surface area contributed by atoms with Gasteiger partial charge in [-0.25, -0.2) is 0 Å². The predicted molar refractivity (Wildman–Crippen MR) is 71.2 cm³/mol. The van der Waals surface area contributed by atoms with E-state index in [1.807, 2.05) is 0 Å². The van der Waals surface area contributed by atoms with Crippen LogP contribution in [0.2, 0.25) is 0 Å². The minimum atomic E-state index is 0.347. The summed E-state index contributed by atoms with van der Waals surface area (Å²) in [5.74, 6) is 0. The molecule has 0 saturated carbocycles. The van der Waals surface area contributed by atoms with E-state index in [1.165, 1.54) is 71.1 Å². The third kappa shape index (κ3) is 4.23. The summed E-state index contributed by atoms with van der Waals surface area (Å²) >= 11 is 0. The first-order chi connectivity index (χ1) is 8.40. The van der Waals surface area contributed by atoms with Crippen LogP contribution in [0.15, 0.2) is 0 Å². The van der Waals surface area contributed by atoms with Crippen LogP contribution < -0.4 is 0 Å². The molecule has 0 aromatic rings. The molecule has 0 aromatic carbocycles. The SMILES string of the molecule is OCC1CCCCCN1CCN1CCCCC1. The Morgan fingerprint density at radius 2 is 1.53 bits per heavy atom. The van der Waals surface area contributed by atoms with Crippen molar-refractivity contribution in [3.05, 3.63) is 0 Å². The van der Waals surface area contributed by atoms with Gasteiger partial charge in [-0.3, -0.25) is 4.90 Å². The van der Waals surface area contributed by atoms with Gasteiger partial charge < -0.3 is 10.0 Å². The molecule has 0 spiro atoms. The number of rotatable bonds is 4. The number of nitrogens with zero attached hydrogens (tertiary/aromatic N) is 2. The largest absolute Gasteiger partial charge is 0.395 e. The Morgan fingerprint density at radius 3 is 2.29 bits per heavy atom. The Bertz CT molecular complexity index is 204. The average molecular weight is 240 g/mol. The second-order valence-corrected chi connectivity index (χ2v) is 5.62. The maximum atomic E-state index is 9.47. The molecule has 0 aromatic heterocycles. The first-order valence-corrected chi connectivity index (χ1v) is 7.47. The lowest BCUT2D eigenvalue weighted by Gasteiger charge is -2.32. The molecule has 2 aliphatic heterocycles. The highest BCUT2D eigenvalue weighted by molar-refractivity contribution is 4.76. The molecular formula is C14H28N2O. The molecule has 3 heteroatoms. The van der Waals surface area contributed by atoms with Crippen LogP contribution in [0.5, 0.6) is 0 Å². The van der Waals surface area contributed by atoms with E-state index in [4.69, 9.17) is 0 Å². The standard InChI is InChI=1S/C14H28N2O/c17-13-14-7-3-1-6-10-16(14)12-11-15-8-4-2-5-9-15/h14,17H,1-13H2. The van der Waals surface area contributed by atoms with Gasteiger partial charge in [0.15, 0.2) is 0 Å². The van der Waals surface area contributed by atoms with Gasteiger partial charge in [-0.1, -0.05) is 19.3 Å². The summed E-state index contributed by atoms with van der Waals surface area (Å²) in [6.45, 7) is 6.48. The molecule has 100 valence electrons. The zero-order valence-corrected chi connectivity index (χ0v) is 11.1. The molecule has 0 bridgehead atoms. The summed E-state index contributed by atoms with van der Waals surface area (Å²) in [6.07, 6.45) is 9.32. The van der Waals surface area contributed by atoms with Crippen LogP contribution in [0.1, 0.15) is 44.9 Å². The molecule has 0 aliphatic carbocycles. The van der Waals surface area contributed by atoms with Gasteiger partial charge >= 0.3 is 0 Å². The molecule has 1 N–H and O–H groups in total. The molecule has 2 heterocycles. The van der Waals surface area contributed by atoms with Gasteiger partial charge in [-0.15, -0.1) is 0 Å². The minimum absolute atomic E-state index is 0.347. The Labute approximate surface area is 106 Å². The van der Waals surface area contributed by atoms with Crippen molar-refractivity contribution in [1.82, 2.24) is 9.80 Å². The fourth-order valence-corrected chi connectivity index (χ4v) is 3.19. The highest BCUT2D eigenvalue weighted by atomic mass is 16.3. The highest BCUT2D eigenvalue weighted by Crippen LogP contribution is 2.16. The molecule has 2 aliphatic rings. The number of likely N-dealkylation sites (tertiary alicyclic amines) is 2. The number of hydrogen-bond donors (Lipinski definition) is 1. The van der Waals surface area contributed by atoms with Crippen LogP contribution in [-0.4, -0.2) is 60.3 Å². The number of hydrogen-bond acceptors (Lipinski definition) is 3. The Hall–Kier alpha value is -0.120. The monoisotopic (exact) mass is 240 g/mol. The molecule has 17 heavy (non-hydrogen) atoms. The van der Waals surface area contributed by atoms with Crippen LogP contribution >= 0.6 is 0 Å². The number of aliphatic hydroxyl groups is 1. The van der Waals surface area contributed by atoms with E-state index in [1.54, 1.807) is 0 Å².